The SMILES string of the molecule is Cc1nc2cc3c(cc2n1CC1CCCNC1)OCO3. The predicted molar refractivity (Wildman–Crippen MR) is 76.2 cm³/mol. The molecule has 1 unspecified atom stereocenters. The summed E-state index contributed by atoms with van der Waals surface area (Å²) in [5.41, 5.74) is 2.15. The lowest BCUT2D eigenvalue weighted by atomic mass is 9.99. The van der Waals surface area contributed by atoms with Crippen LogP contribution in [0.4, 0.5) is 0 Å². The van der Waals surface area contributed by atoms with Crippen molar-refractivity contribution in [3.8, 4) is 11.5 Å². The maximum atomic E-state index is 5.49. The zero-order chi connectivity index (χ0) is 13.5. The number of hydrogen-bond acceptors (Lipinski definition) is 4. The smallest absolute Gasteiger partial charge is 0.231 e. The van der Waals surface area contributed by atoms with Gasteiger partial charge in [-0.05, 0) is 38.8 Å². The van der Waals surface area contributed by atoms with Gasteiger partial charge in [-0.2, -0.15) is 0 Å². The van der Waals surface area contributed by atoms with E-state index in [2.05, 4.69) is 27.9 Å². The van der Waals surface area contributed by atoms with Crippen LogP contribution < -0.4 is 14.8 Å². The molecular formula is C15H19N3O2. The molecule has 0 spiro atoms. The van der Waals surface area contributed by atoms with Gasteiger partial charge < -0.3 is 19.4 Å². The minimum absolute atomic E-state index is 0.313. The highest BCUT2D eigenvalue weighted by atomic mass is 16.7. The Morgan fingerprint density at radius 1 is 1.35 bits per heavy atom. The third kappa shape index (κ3) is 1.93. The van der Waals surface area contributed by atoms with Crippen LogP contribution in [0.2, 0.25) is 0 Å². The Hall–Kier alpha value is -1.75. The van der Waals surface area contributed by atoms with E-state index in [0.717, 1.165) is 48.0 Å². The van der Waals surface area contributed by atoms with Gasteiger partial charge in [0.25, 0.3) is 0 Å². The number of aryl methyl sites for hydroxylation is 1. The summed E-state index contributed by atoms with van der Waals surface area (Å²) in [6.07, 6.45) is 2.55. The average Bonchev–Trinajstić information content (AvgIpc) is 3.03. The van der Waals surface area contributed by atoms with Gasteiger partial charge >= 0.3 is 0 Å². The van der Waals surface area contributed by atoms with Crippen LogP contribution in [0.25, 0.3) is 11.0 Å². The monoisotopic (exact) mass is 273 g/mol. The van der Waals surface area contributed by atoms with Gasteiger partial charge in [-0.15, -0.1) is 0 Å². The molecule has 0 radical (unpaired) electrons. The molecule has 2 aromatic rings. The summed E-state index contributed by atoms with van der Waals surface area (Å²) >= 11 is 0. The Bertz CT molecular complexity index is 644. The number of aromatic nitrogens is 2. The molecule has 4 rings (SSSR count). The van der Waals surface area contributed by atoms with Gasteiger partial charge in [0, 0.05) is 18.7 Å². The molecule has 2 aliphatic rings. The fraction of sp³-hybridized carbons (Fsp3) is 0.533. The first kappa shape index (κ1) is 12.0. The van der Waals surface area contributed by atoms with Gasteiger partial charge in [-0.1, -0.05) is 0 Å². The molecule has 0 aliphatic carbocycles. The summed E-state index contributed by atoms with van der Waals surface area (Å²) < 4.78 is 13.2. The zero-order valence-electron chi connectivity index (χ0n) is 11.7. The summed E-state index contributed by atoms with van der Waals surface area (Å²) in [7, 11) is 0. The summed E-state index contributed by atoms with van der Waals surface area (Å²) in [4.78, 5) is 4.66. The first-order valence-electron chi connectivity index (χ1n) is 7.28. The lowest BCUT2D eigenvalue weighted by Gasteiger charge is -2.23. The van der Waals surface area contributed by atoms with Gasteiger partial charge in [-0.25, -0.2) is 4.98 Å². The molecular weight excluding hydrogens is 254 g/mol. The number of imidazole rings is 1. The molecule has 1 N–H and O–H groups in total. The summed E-state index contributed by atoms with van der Waals surface area (Å²) in [6, 6.07) is 4.05. The molecule has 1 aromatic carbocycles. The quantitative estimate of drug-likeness (QED) is 0.910. The molecule has 2 aliphatic heterocycles. The first-order valence-corrected chi connectivity index (χ1v) is 7.28. The van der Waals surface area contributed by atoms with E-state index in [1.54, 1.807) is 0 Å². The first-order chi connectivity index (χ1) is 9.81. The molecule has 5 heteroatoms. The van der Waals surface area contributed by atoms with Crippen LogP contribution in [0.1, 0.15) is 18.7 Å². The molecule has 1 aromatic heterocycles. The molecule has 106 valence electrons. The number of rotatable bonds is 2. The number of fused-ring (bicyclic) bond motifs is 2. The van der Waals surface area contributed by atoms with Crippen molar-refractivity contribution in [1.29, 1.82) is 0 Å². The standard InChI is InChI=1S/C15H19N3O2/c1-10-17-12-5-14-15(20-9-19-14)6-13(12)18(10)8-11-3-2-4-16-7-11/h5-6,11,16H,2-4,7-9H2,1H3. The van der Waals surface area contributed by atoms with E-state index in [9.17, 15) is 0 Å². The fourth-order valence-electron chi connectivity index (χ4n) is 3.20. The second-order valence-electron chi connectivity index (χ2n) is 5.68. The third-order valence-electron chi connectivity index (χ3n) is 4.27. The van der Waals surface area contributed by atoms with E-state index in [0.29, 0.717) is 12.7 Å². The average molecular weight is 273 g/mol. The van der Waals surface area contributed by atoms with Gasteiger partial charge in [0.15, 0.2) is 11.5 Å². The molecule has 1 atom stereocenters. The van der Waals surface area contributed by atoms with E-state index in [4.69, 9.17) is 9.47 Å². The highest BCUT2D eigenvalue weighted by Crippen LogP contribution is 2.36. The summed E-state index contributed by atoms with van der Waals surface area (Å²) in [5, 5.41) is 3.48. The molecule has 1 fully saturated rings. The number of piperidine rings is 1. The summed E-state index contributed by atoms with van der Waals surface area (Å²) in [6.45, 7) is 5.66. The van der Waals surface area contributed by atoms with E-state index in [1.165, 1.54) is 12.8 Å². The zero-order valence-corrected chi connectivity index (χ0v) is 11.7. The van der Waals surface area contributed by atoms with Crippen molar-refractivity contribution in [2.24, 2.45) is 5.92 Å². The van der Waals surface area contributed by atoms with E-state index in [1.807, 2.05) is 6.07 Å². The van der Waals surface area contributed by atoms with Crippen LogP contribution >= 0.6 is 0 Å². The molecule has 0 amide bonds. The van der Waals surface area contributed by atoms with Crippen LogP contribution in [-0.2, 0) is 6.54 Å². The molecule has 1 saturated heterocycles. The Balaban J connectivity index is 1.72. The molecule has 20 heavy (non-hydrogen) atoms. The third-order valence-corrected chi connectivity index (χ3v) is 4.27. The van der Waals surface area contributed by atoms with Crippen LogP contribution in [0, 0.1) is 12.8 Å². The van der Waals surface area contributed by atoms with Crippen LogP contribution in [0.15, 0.2) is 12.1 Å². The number of nitrogens with zero attached hydrogens (tertiary/aromatic N) is 2. The molecule has 0 bridgehead atoms. The Kier molecular flexibility index (Phi) is 2.80. The van der Waals surface area contributed by atoms with Crippen molar-refractivity contribution in [3.05, 3.63) is 18.0 Å². The van der Waals surface area contributed by atoms with Crippen LogP contribution in [-0.4, -0.2) is 29.4 Å². The van der Waals surface area contributed by atoms with Crippen molar-refractivity contribution in [1.82, 2.24) is 14.9 Å². The minimum Gasteiger partial charge on any atom is -0.454 e. The molecule has 0 saturated carbocycles. The number of ether oxygens (including phenoxy) is 2. The number of benzene rings is 1. The second kappa shape index (κ2) is 4.66. The predicted octanol–water partition coefficient (Wildman–Crippen LogP) is 2.07. The van der Waals surface area contributed by atoms with Crippen molar-refractivity contribution in [2.45, 2.75) is 26.3 Å². The maximum absolute atomic E-state index is 5.49. The number of nitrogens with one attached hydrogen (secondary N) is 1. The lowest BCUT2D eigenvalue weighted by Crippen LogP contribution is -2.32. The largest absolute Gasteiger partial charge is 0.454 e. The topological polar surface area (TPSA) is 48.3 Å². The van der Waals surface area contributed by atoms with Crippen molar-refractivity contribution >= 4 is 11.0 Å². The van der Waals surface area contributed by atoms with Gasteiger partial charge in [-0.3, -0.25) is 0 Å². The van der Waals surface area contributed by atoms with E-state index >= 15 is 0 Å². The normalized spacial score (nSPS) is 21.6. The van der Waals surface area contributed by atoms with Crippen molar-refractivity contribution < 1.29 is 9.47 Å². The van der Waals surface area contributed by atoms with E-state index in [-0.39, 0.29) is 0 Å². The van der Waals surface area contributed by atoms with Crippen molar-refractivity contribution in [3.63, 3.8) is 0 Å². The Labute approximate surface area is 117 Å². The minimum atomic E-state index is 0.313. The van der Waals surface area contributed by atoms with Crippen molar-refractivity contribution in [2.75, 3.05) is 19.9 Å². The van der Waals surface area contributed by atoms with Gasteiger partial charge in [0.05, 0.1) is 11.0 Å². The second-order valence-corrected chi connectivity index (χ2v) is 5.68. The van der Waals surface area contributed by atoms with Gasteiger partial charge in [0.1, 0.15) is 5.82 Å². The summed E-state index contributed by atoms with van der Waals surface area (Å²) in [5.74, 6) is 3.39. The Morgan fingerprint density at radius 2 is 2.20 bits per heavy atom. The fourth-order valence-corrected chi connectivity index (χ4v) is 3.20. The maximum Gasteiger partial charge on any atom is 0.231 e. The highest BCUT2D eigenvalue weighted by Gasteiger charge is 2.20. The van der Waals surface area contributed by atoms with Crippen LogP contribution in [0.5, 0.6) is 11.5 Å². The lowest BCUT2D eigenvalue weighted by molar-refractivity contribution is 0.174. The van der Waals surface area contributed by atoms with E-state index < -0.39 is 0 Å². The van der Waals surface area contributed by atoms with Gasteiger partial charge in [0.2, 0.25) is 6.79 Å². The Morgan fingerprint density at radius 3 is 3.00 bits per heavy atom. The highest BCUT2D eigenvalue weighted by molar-refractivity contribution is 5.81. The molecule has 3 heterocycles. The molecule has 5 nitrogen and oxygen atoms in total. The number of hydrogen-bond donors (Lipinski definition) is 1. The van der Waals surface area contributed by atoms with Crippen LogP contribution in [0.3, 0.4) is 0 Å².